The van der Waals surface area contributed by atoms with Crippen LogP contribution in [-0.4, -0.2) is 52.8 Å². The minimum atomic E-state index is -0.937. The zero-order valence-corrected chi connectivity index (χ0v) is 19.6. The van der Waals surface area contributed by atoms with E-state index in [0.29, 0.717) is 6.42 Å². The molecule has 0 radical (unpaired) electrons. The van der Waals surface area contributed by atoms with Gasteiger partial charge >= 0.3 is 18.0 Å². The van der Waals surface area contributed by atoms with Gasteiger partial charge in [-0.3, -0.25) is 4.90 Å². The van der Waals surface area contributed by atoms with Gasteiger partial charge in [0.25, 0.3) is 0 Å². The molecule has 0 aromatic heterocycles. The van der Waals surface area contributed by atoms with Crippen LogP contribution in [0.2, 0.25) is 0 Å². The highest BCUT2D eigenvalue weighted by Crippen LogP contribution is 2.36. The molecular weight excluding hydrogens is 398 g/mol. The minimum Gasteiger partial charge on any atom is -0.464 e. The summed E-state index contributed by atoms with van der Waals surface area (Å²) >= 11 is 0. The first-order valence-electron chi connectivity index (χ1n) is 10.8. The number of hydrogen-bond donors (Lipinski definition) is 0. The van der Waals surface area contributed by atoms with Crippen LogP contribution in [0.1, 0.15) is 60.5 Å². The molecule has 31 heavy (non-hydrogen) atoms. The third-order valence-electron chi connectivity index (χ3n) is 4.76. The second kappa shape index (κ2) is 9.71. The van der Waals surface area contributed by atoms with Crippen LogP contribution in [0.25, 0.3) is 0 Å². The normalized spacial score (nSPS) is 21.5. The molecule has 3 atom stereocenters. The van der Waals surface area contributed by atoms with Crippen LogP contribution in [-0.2, 0) is 30.2 Å². The quantitative estimate of drug-likeness (QED) is 0.513. The van der Waals surface area contributed by atoms with Crippen LogP contribution in [0.4, 0.5) is 4.79 Å². The Hall–Kier alpha value is -2.57. The smallest absolute Gasteiger partial charge is 0.411 e. The van der Waals surface area contributed by atoms with Gasteiger partial charge in [0.2, 0.25) is 0 Å². The number of amides is 1. The summed E-state index contributed by atoms with van der Waals surface area (Å²) in [6.45, 7) is 12.4. The van der Waals surface area contributed by atoms with Crippen molar-refractivity contribution in [2.75, 3.05) is 6.61 Å². The van der Waals surface area contributed by atoms with Gasteiger partial charge in [0, 0.05) is 0 Å². The Morgan fingerprint density at radius 2 is 1.52 bits per heavy atom. The Labute approximate surface area is 185 Å². The van der Waals surface area contributed by atoms with Gasteiger partial charge in [-0.2, -0.15) is 0 Å². The minimum absolute atomic E-state index is 0.173. The summed E-state index contributed by atoms with van der Waals surface area (Å²) in [6.07, 6.45) is 0.0760. The molecule has 0 bridgehead atoms. The van der Waals surface area contributed by atoms with E-state index in [-0.39, 0.29) is 18.9 Å². The van der Waals surface area contributed by atoms with Gasteiger partial charge in [0.1, 0.15) is 23.3 Å². The summed E-state index contributed by atoms with van der Waals surface area (Å²) in [5.41, 5.74) is -0.504. The Balaban J connectivity index is 2.44. The summed E-state index contributed by atoms with van der Waals surface area (Å²) in [4.78, 5) is 40.4. The zero-order chi connectivity index (χ0) is 23.4. The molecular formula is C24H35NO6. The molecule has 172 valence electrons. The lowest BCUT2D eigenvalue weighted by molar-refractivity contribution is -0.161. The van der Waals surface area contributed by atoms with Gasteiger partial charge in [-0.05, 0) is 72.8 Å². The largest absolute Gasteiger partial charge is 0.464 e. The molecule has 1 fully saturated rings. The van der Waals surface area contributed by atoms with Gasteiger partial charge in [0.15, 0.2) is 0 Å². The molecule has 2 rings (SSSR count). The Bertz CT molecular complexity index is 777. The van der Waals surface area contributed by atoms with Crippen molar-refractivity contribution in [3.8, 4) is 0 Å². The van der Waals surface area contributed by atoms with Crippen LogP contribution < -0.4 is 0 Å². The Morgan fingerprint density at radius 3 is 2.03 bits per heavy atom. The SMILES string of the molecule is CCOC(=O)[C@H]1[C@@H](Cc2ccccc2)C[C@@H](C(=O)OC(C)(C)C)N1C(=O)OC(C)(C)C. The summed E-state index contributed by atoms with van der Waals surface area (Å²) < 4.78 is 16.4. The fourth-order valence-corrected chi connectivity index (χ4v) is 3.73. The van der Waals surface area contributed by atoms with E-state index in [9.17, 15) is 14.4 Å². The van der Waals surface area contributed by atoms with Crippen molar-refractivity contribution in [1.82, 2.24) is 4.90 Å². The lowest BCUT2D eigenvalue weighted by Crippen LogP contribution is -2.52. The highest BCUT2D eigenvalue weighted by Gasteiger charge is 2.53. The zero-order valence-electron chi connectivity index (χ0n) is 19.6. The highest BCUT2D eigenvalue weighted by molar-refractivity contribution is 5.89. The fourth-order valence-electron chi connectivity index (χ4n) is 3.73. The summed E-state index contributed by atoms with van der Waals surface area (Å²) in [7, 11) is 0. The standard InChI is InChI=1S/C24H35NO6/c1-8-29-21(27)19-17(14-16-12-10-9-11-13-16)15-18(20(26)30-23(2,3)4)25(19)22(28)31-24(5,6)7/h9-13,17-19H,8,14-15H2,1-7H3/t17-,18-,19+/m0/s1. The first kappa shape index (κ1) is 24.7. The first-order chi connectivity index (χ1) is 14.3. The number of rotatable bonds is 5. The molecule has 0 N–H and O–H groups in total. The molecule has 1 aromatic rings. The van der Waals surface area contributed by atoms with Crippen molar-refractivity contribution in [3.05, 3.63) is 35.9 Å². The van der Waals surface area contributed by atoms with Crippen LogP contribution in [0, 0.1) is 5.92 Å². The summed E-state index contributed by atoms with van der Waals surface area (Å²) in [5, 5.41) is 0. The van der Waals surface area contributed by atoms with E-state index in [1.165, 1.54) is 4.90 Å². The van der Waals surface area contributed by atoms with E-state index in [1.54, 1.807) is 48.5 Å². The molecule has 0 spiro atoms. The molecule has 0 saturated carbocycles. The van der Waals surface area contributed by atoms with Gasteiger partial charge in [-0.25, -0.2) is 14.4 Å². The van der Waals surface area contributed by atoms with Crippen molar-refractivity contribution in [2.24, 2.45) is 5.92 Å². The summed E-state index contributed by atoms with van der Waals surface area (Å²) in [6, 6.07) is 7.80. The van der Waals surface area contributed by atoms with Crippen LogP contribution in [0.15, 0.2) is 30.3 Å². The average molecular weight is 434 g/mol. The number of carbonyl (C=O) groups excluding carboxylic acids is 3. The maximum atomic E-state index is 13.1. The maximum Gasteiger partial charge on any atom is 0.411 e. The molecule has 1 aliphatic heterocycles. The van der Waals surface area contributed by atoms with Crippen molar-refractivity contribution in [3.63, 3.8) is 0 Å². The molecule has 7 heteroatoms. The Kier molecular flexibility index (Phi) is 7.73. The van der Waals surface area contributed by atoms with Crippen molar-refractivity contribution < 1.29 is 28.6 Å². The van der Waals surface area contributed by atoms with Crippen LogP contribution >= 0.6 is 0 Å². The van der Waals surface area contributed by atoms with Crippen molar-refractivity contribution >= 4 is 18.0 Å². The molecule has 1 amide bonds. The molecule has 1 aromatic carbocycles. The first-order valence-corrected chi connectivity index (χ1v) is 10.8. The van der Waals surface area contributed by atoms with Crippen molar-refractivity contribution in [2.45, 2.75) is 84.6 Å². The number of nitrogens with zero attached hydrogens (tertiary/aromatic N) is 1. The van der Waals surface area contributed by atoms with E-state index in [1.807, 2.05) is 30.3 Å². The predicted molar refractivity (Wildman–Crippen MR) is 116 cm³/mol. The third-order valence-corrected chi connectivity index (χ3v) is 4.76. The predicted octanol–water partition coefficient (Wildman–Crippen LogP) is 4.13. The third kappa shape index (κ3) is 6.97. The topological polar surface area (TPSA) is 82.1 Å². The van der Waals surface area contributed by atoms with Crippen LogP contribution in [0.3, 0.4) is 0 Å². The van der Waals surface area contributed by atoms with E-state index >= 15 is 0 Å². The van der Waals surface area contributed by atoms with Crippen LogP contribution in [0.5, 0.6) is 0 Å². The number of likely N-dealkylation sites (tertiary alicyclic amines) is 1. The molecule has 0 aliphatic carbocycles. The molecule has 0 unspecified atom stereocenters. The summed E-state index contributed by atoms with van der Waals surface area (Å²) in [5.74, 6) is -1.41. The van der Waals surface area contributed by atoms with Gasteiger partial charge in [0.05, 0.1) is 6.61 Å². The average Bonchev–Trinajstić information content (AvgIpc) is 2.99. The number of esters is 2. The van der Waals surface area contributed by atoms with Gasteiger partial charge < -0.3 is 14.2 Å². The molecule has 1 saturated heterocycles. The molecule has 1 heterocycles. The monoisotopic (exact) mass is 433 g/mol. The van der Waals surface area contributed by atoms with Gasteiger partial charge in [-0.15, -0.1) is 0 Å². The number of carbonyl (C=O) groups is 3. The van der Waals surface area contributed by atoms with Gasteiger partial charge in [-0.1, -0.05) is 30.3 Å². The van der Waals surface area contributed by atoms with E-state index in [0.717, 1.165) is 5.56 Å². The molecule has 1 aliphatic rings. The number of ether oxygens (including phenoxy) is 3. The maximum absolute atomic E-state index is 13.1. The fraction of sp³-hybridized carbons (Fsp3) is 0.625. The van der Waals surface area contributed by atoms with E-state index in [4.69, 9.17) is 14.2 Å². The van der Waals surface area contributed by atoms with Crippen molar-refractivity contribution in [1.29, 1.82) is 0 Å². The Morgan fingerprint density at radius 1 is 0.935 bits per heavy atom. The second-order valence-electron chi connectivity index (χ2n) is 9.82. The molecule has 7 nitrogen and oxygen atoms in total. The lowest BCUT2D eigenvalue weighted by atomic mass is 9.91. The van der Waals surface area contributed by atoms with E-state index in [2.05, 4.69) is 0 Å². The number of benzene rings is 1. The number of hydrogen-bond acceptors (Lipinski definition) is 6. The lowest BCUT2D eigenvalue weighted by Gasteiger charge is -2.32. The van der Waals surface area contributed by atoms with E-state index < -0.39 is 41.3 Å². The second-order valence-corrected chi connectivity index (χ2v) is 9.82. The highest BCUT2D eigenvalue weighted by atomic mass is 16.6.